The van der Waals surface area contributed by atoms with E-state index in [1.54, 1.807) is 56.5 Å². The maximum atomic E-state index is 14.1. The molecule has 2 aliphatic heterocycles. The lowest BCUT2D eigenvalue weighted by Crippen LogP contribution is -2.52. The molecule has 3 aromatic rings. The molecule has 0 spiro atoms. The van der Waals surface area contributed by atoms with Crippen LogP contribution in [-0.2, 0) is 68.2 Å². The van der Waals surface area contributed by atoms with Gasteiger partial charge in [-0.3, -0.25) is 28.8 Å². The standard InChI is InChI=1S/C46H61N7O14/c1-8-29-30-19-28(11-12-34(30)52-38-31(29)21-53-35(38)20-33-32(41(53)60)24-65-43(62)46(33,9-2)67-42(61)45(5,6)7)66-44(63)49-17-16-48-39(58)25(3)51-40(59)26(4)50-37(57)14-13-36(56)47-15-10-18-64-23-27(55)22-54/h11-12,19-20,25-27,54-55H,8-10,13-18,21-24H2,1-7H3,(H,47,56)(H,48,58)(H,49,63)(H,50,57)(H,51,59)/t25-,26-,27?,46-/m0/s1. The molecule has 21 nitrogen and oxygen atoms in total. The van der Waals surface area contributed by atoms with Crippen LogP contribution in [0.25, 0.3) is 22.3 Å². The number of aryl methyl sites for hydroxylation is 1. The summed E-state index contributed by atoms with van der Waals surface area (Å²) in [5.41, 5.74) is 0.626. The molecule has 1 aromatic carbocycles. The van der Waals surface area contributed by atoms with Crippen LogP contribution >= 0.6 is 0 Å². The Balaban J connectivity index is 1.11. The molecule has 0 radical (unpaired) electrons. The summed E-state index contributed by atoms with van der Waals surface area (Å²) in [6.07, 6.45) is -0.988. The second kappa shape index (κ2) is 22.4. The van der Waals surface area contributed by atoms with Gasteiger partial charge in [0.2, 0.25) is 29.2 Å². The van der Waals surface area contributed by atoms with Gasteiger partial charge in [-0.25, -0.2) is 14.6 Å². The molecule has 0 bridgehead atoms. The van der Waals surface area contributed by atoms with Crippen molar-refractivity contribution in [1.29, 1.82) is 0 Å². The number of carbonyl (C=O) groups excluding carboxylic acids is 7. The van der Waals surface area contributed by atoms with Gasteiger partial charge < -0.3 is 60.3 Å². The van der Waals surface area contributed by atoms with Crippen molar-refractivity contribution in [3.05, 3.63) is 56.9 Å². The largest absolute Gasteiger partial charge is 0.457 e. The fourth-order valence-corrected chi connectivity index (χ4v) is 7.50. The molecule has 21 heteroatoms. The molecule has 4 heterocycles. The summed E-state index contributed by atoms with van der Waals surface area (Å²) in [5.74, 6) is -3.22. The monoisotopic (exact) mass is 935 g/mol. The summed E-state index contributed by atoms with van der Waals surface area (Å²) in [4.78, 5) is 108. The molecule has 2 aromatic heterocycles. The Morgan fingerprint density at radius 3 is 2.30 bits per heavy atom. The Bertz CT molecular complexity index is 2450. The van der Waals surface area contributed by atoms with E-state index in [1.165, 1.54) is 13.8 Å². The summed E-state index contributed by atoms with van der Waals surface area (Å²) < 4.78 is 23.7. The number of hydrogen-bond donors (Lipinski definition) is 7. The first-order valence-electron chi connectivity index (χ1n) is 22.3. The Morgan fingerprint density at radius 1 is 0.910 bits per heavy atom. The van der Waals surface area contributed by atoms with Crippen LogP contribution in [0.4, 0.5) is 4.79 Å². The molecular weight excluding hydrogens is 875 g/mol. The average molecular weight is 936 g/mol. The number of aliphatic hydroxyl groups is 2. The summed E-state index contributed by atoms with van der Waals surface area (Å²) >= 11 is 0. The van der Waals surface area contributed by atoms with Gasteiger partial charge in [0.05, 0.1) is 47.6 Å². The van der Waals surface area contributed by atoms with Crippen LogP contribution < -0.4 is 36.9 Å². The van der Waals surface area contributed by atoms with Crippen molar-refractivity contribution >= 4 is 52.6 Å². The number of ether oxygens (including phenoxy) is 4. The van der Waals surface area contributed by atoms with Gasteiger partial charge in [0.25, 0.3) is 5.56 Å². The number of cyclic esters (lactones) is 1. The van der Waals surface area contributed by atoms with Crippen LogP contribution in [0, 0.1) is 5.41 Å². The number of rotatable bonds is 21. The van der Waals surface area contributed by atoms with Crippen molar-refractivity contribution in [2.75, 3.05) is 39.5 Å². The zero-order chi connectivity index (χ0) is 49.2. The number of benzene rings is 1. The number of fused-ring (bicyclic) bond motifs is 5. The normalized spacial score (nSPS) is 16.3. The minimum Gasteiger partial charge on any atom is -0.457 e. The highest BCUT2D eigenvalue weighted by Gasteiger charge is 2.51. The maximum absolute atomic E-state index is 14.1. The molecule has 0 fully saturated rings. The Kier molecular flexibility index (Phi) is 17.2. The molecule has 0 saturated carbocycles. The quantitative estimate of drug-likeness (QED) is 0.0455. The number of aromatic nitrogens is 2. The smallest absolute Gasteiger partial charge is 0.412 e. The van der Waals surface area contributed by atoms with Crippen molar-refractivity contribution in [2.24, 2.45) is 5.41 Å². The van der Waals surface area contributed by atoms with E-state index in [0.29, 0.717) is 41.7 Å². The SMILES string of the molecule is CCc1c2c(nc3ccc(OC(=O)NCCNC(=O)[C@H](C)NC(=O)[C@H](C)NC(=O)CCC(=O)NCCCOCC(O)CO)cc13)-c1cc3c(c(=O)n1C2)COC(=O)[C@@]3(CC)OC(=O)C(C)(C)C. The van der Waals surface area contributed by atoms with E-state index in [4.69, 9.17) is 29.0 Å². The second-order valence-corrected chi connectivity index (χ2v) is 17.4. The van der Waals surface area contributed by atoms with E-state index in [9.17, 15) is 43.5 Å². The van der Waals surface area contributed by atoms with Gasteiger partial charge in [-0.05, 0) is 83.7 Å². The predicted octanol–water partition coefficient (Wildman–Crippen LogP) is 1.11. The van der Waals surface area contributed by atoms with Crippen LogP contribution in [0.3, 0.4) is 0 Å². The van der Waals surface area contributed by atoms with Crippen LogP contribution in [0.2, 0.25) is 0 Å². The van der Waals surface area contributed by atoms with E-state index in [2.05, 4.69) is 26.6 Å². The first-order valence-corrected chi connectivity index (χ1v) is 22.3. The summed E-state index contributed by atoms with van der Waals surface area (Å²) in [7, 11) is 0. The summed E-state index contributed by atoms with van der Waals surface area (Å²) in [6.45, 7) is 11.6. The van der Waals surface area contributed by atoms with E-state index in [-0.39, 0.29) is 87.1 Å². The minimum absolute atomic E-state index is 0.00182. The number of carbonyl (C=O) groups is 7. The zero-order valence-electron chi connectivity index (χ0n) is 38.9. The van der Waals surface area contributed by atoms with Crippen LogP contribution in [0.15, 0.2) is 29.1 Å². The molecule has 0 aliphatic carbocycles. The molecule has 4 atom stereocenters. The van der Waals surface area contributed by atoms with E-state index >= 15 is 0 Å². The minimum atomic E-state index is -1.81. The lowest BCUT2D eigenvalue weighted by atomic mass is 9.84. The summed E-state index contributed by atoms with van der Waals surface area (Å²) in [6, 6.07) is 4.66. The Morgan fingerprint density at radius 2 is 1.61 bits per heavy atom. The fraction of sp³-hybridized carbons (Fsp3) is 0.543. The number of esters is 2. The molecule has 67 heavy (non-hydrogen) atoms. The van der Waals surface area contributed by atoms with Crippen molar-refractivity contribution in [3.63, 3.8) is 0 Å². The molecular formula is C46H61N7O14. The molecule has 7 N–H and O–H groups in total. The lowest BCUT2D eigenvalue weighted by molar-refractivity contribution is -0.194. The number of nitrogens with zero attached hydrogens (tertiary/aromatic N) is 2. The zero-order valence-corrected chi connectivity index (χ0v) is 38.9. The first-order chi connectivity index (χ1) is 31.7. The van der Waals surface area contributed by atoms with E-state index in [0.717, 1.165) is 11.1 Å². The van der Waals surface area contributed by atoms with E-state index in [1.807, 2.05) is 6.92 Å². The van der Waals surface area contributed by atoms with Gasteiger partial charge in [0, 0.05) is 55.6 Å². The van der Waals surface area contributed by atoms with E-state index < -0.39 is 71.6 Å². The Hall–Kier alpha value is -6.45. The van der Waals surface area contributed by atoms with Crippen LogP contribution in [-0.4, -0.2) is 119 Å². The average Bonchev–Trinajstić information content (AvgIpc) is 3.66. The third-order valence-electron chi connectivity index (χ3n) is 11.3. The highest BCUT2D eigenvalue weighted by molar-refractivity contribution is 5.93. The third kappa shape index (κ3) is 12.3. The van der Waals surface area contributed by atoms with Crippen molar-refractivity contribution in [1.82, 2.24) is 36.1 Å². The highest BCUT2D eigenvalue weighted by atomic mass is 16.6. The summed E-state index contributed by atoms with van der Waals surface area (Å²) in [5, 5.41) is 31.5. The van der Waals surface area contributed by atoms with Crippen LogP contribution in [0.5, 0.6) is 5.75 Å². The number of aliphatic hydroxyl groups excluding tert-OH is 2. The van der Waals surface area contributed by atoms with Gasteiger partial charge in [-0.1, -0.05) is 13.8 Å². The van der Waals surface area contributed by atoms with Gasteiger partial charge in [-0.2, -0.15) is 0 Å². The predicted molar refractivity (Wildman–Crippen MR) is 240 cm³/mol. The molecule has 1 unspecified atom stereocenters. The van der Waals surface area contributed by atoms with Gasteiger partial charge in [0.15, 0.2) is 0 Å². The fourth-order valence-electron chi connectivity index (χ4n) is 7.50. The molecule has 364 valence electrons. The van der Waals surface area contributed by atoms with Gasteiger partial charge in [0.1, 0.15) is 30.5 Å². The highest BCUT2D eigenvalue weighted by Crippen LogP contribution is 2.43. The number of nitrogens with one attached hydrogen (secondary N) is 5. The second-order valence-electron chi connectivity index (χ2n) is 17.4. The number of hydrogen-bond acceptors (Lipinski definition) is 15. The molecule has 5 amide bonds. The van der Waals surface area contributed by atoms with Gasteiger partial charge >= 0.3 is 18.0 Å². The third-order valence-corrected chi connectivity index (χ3v) is 11.3. The first kappa shape index (κ1) is 51.5. The number of amides is 5. The van der Waals surface area contributed by atoms with Crippen molar-refractivity contribution in [2.45, 2.75) is 118 Å². The van der Waals surface area contributed by atoms with Crippen molar-refractivity contribution < 1.29 is 62.7 Å². The lowest BCUT2D eigenvalue weighted by Gasteiger charge is -2.37. The van der Waals surface area contributed by atoms with Crippen molar-refractivity contribution in [3.8, 4) is 17.1 Å². The topological polar surface area (TPSA) is 292 Å². The van der Waals surface area contributed by atoms with Gasteiger partial charge in [-0.15, -0.1) is 0 Å². The Labute approximate surface area is 387 Å². The molecule has 2 aliphatic rings. The molecule has 0 saturated heterocycles. The molecule has 5 rings (SSSR count). The maximum Gasteiger partial charge on any atom is 0.412 e. The number of pyridine rings is 2. The van der Waals surface area contributed by atoms with Crippen LogP contribution in [0.1, 0.15) is 96.4 Å².